The molecule has 0 fully saturated rings. The van der Waals surface area contributed by atoms with Crippen LogP contribution in [0.25, 0.3) is 106 Å². The first-order chi connectivity index (χ1) is 24.8. The largest absolute Gasteiger partial charge is 0.134 e. The SMILES string of the molecule is c1ccc(-c2c3ccccc3c(-c3ccc4cc(-c5cc6c7ccccc7sc6c6c5sc5ccccc56)ccc4c3)c3ccccc23)cc1. The van der Waals surface area contributed by atoms with Gasteiger partial charge in [-0.2, -0.15) is 0 Å². The van der Waals surface area contributed by atoms with Gasteiger partial charge in [-0.05, 0) is 90.5 Å². The maximum absolute atomic E-state index is 2.45. The summed E-state index contributed by atoms with van der Waals surface area (Å²) in [5, 5.41) is 13.1. The summed E-state index contributed by atoms with van der Waals surface area (Å²) >= 11 is 3.85. The molecule has 0 nitrogen and oxygen atoms in total. The van der Waals surface area contributed by atoms with Crippen LogP contribution in [0.5, 0.6) is 0 Å². The molecule has 11 aromatic rings. The van der Waals surface area contributed by atoms with Crippen LogP contribution < -0.4 is 0 Å². The fraction of sp³-hybridized carbons (Fsp3) is 0. The average molecular weight is 669 g/mol. The zero-order chi connectivity index (χ0) is 32.8. The molecule has 0 aliphatic carbocycles. The third-order valence-electron chi connectivity index (χ3n) is 10.4. The Labute approximate surface area is 297 Å². The lowest BCUT2D eigenvalue weighted by atomic mass is 9.85. The van der Waals surface area contributed by atoms with Gasteiger partial charge in [-0.15, -0.1) is 22.7 Å². The fourth-order valence-corrected chi connectivity index (χ4v) is 10.8. The van der Waals surface area contributed by atoms with Gasteiger partial charge in [0.05, 0.1) is 0 Å². The molecule has 0 saturated carbocycles. The van der Waals surface area contributed by atoms with E-state index in [1.807, 2.05) is 22.7 Å². The lowest BCUT2D eigenvalue weighted by Crippen LogP contribution is -1.90. The molecule has 232 valence electrons. The number of fused-ring (bicyclic) bond motifs is 10. The predicted molar refractivity (Wildman–Crippen MR) is 221 cm³/mol. The molecule has 0 N–H and O–H groups in total. The quantitative estimate of drug-likeness (QED) is 0.164. The third-order valence-corrected chi connectivity index (χ3v) is 12.8. The van der Waals surface area contributed by atoms with Crippen LogP contribution in [-0.4, -0.2) is 0 Å². The molecular formula is C48H28S2. The van der Waals surface area contributed by atoms with E-state index in [4.69, 9.17) is 0 Å². The third kappa shape index (κ3) is 4.10. The van der Waals surface area contributed by atoms with E-state index in [1.165, 1.54) is 106 Å². The summed E-state index contributed by atoms with van der Waals surface area (Å²) in [6, 6.07) is 62.9. The van der Waals surface area contributed by atoms with Crippen LogP contribution in [0.1, 0.15) is 0 Å². The summed E-state index contributed by atoms with van der Waals surface area (Å²) in [5.74, 6) is 0. The van der Waals surface area contributed by atoms with Crippen molar-refractivity contribution in [3.63, 3.8) is 0 Å². The molecular weight excluding hydrogens is 641 g/mol. The minimum Gasteiger partial charge on any atom is -0.134 e. The molecule has 0 aliphatic rings. The number of benzene rings is 9. The van der Waals surface area contributed by atoms with E-state index < -0.39 is 0 Å². The van der Waals surface area contributed by atoms with Gasteiger partial charge >= 0.3 is 0 Å². The Balaban J connectivity index is 1.13. The molecule has 0 spiro atoms. The highest BCUT2D eigenvalue weighted by Gasteiger charge is 2.19. The molecule has 2 heteroatoms. The second kappa shape index (κ2) is 10.9. The molecule has 0 bridgehead atoms. The molecule has 0 saturated heterocycles. The van der Waals surface area contributed by atoms with Crippen LogP contribution in [0.3, 0.4) is 0 Å². The zero-order valence-electron chi connectivity index (χ0n) is 27.0. The molecule has 0 radical (unpaired) electrons. The zero-order valence-corrected chi connectivity index (χ0v) is 28.6. The van der Waals surface area contributed by atoms with Crippen molar-refractivity contribution in [2.75, 3.05) is 0 Å². The van der Waals surface area contributed by atoms with Gasteiger partial charge in [0.25, 0.3) is 0 Å². The summed E-state index contributed by atoms with van der Waals surface area (Å²) in [4.78, 5) is 0. The van der Waals surface area contributed by atoms with E-state index >= 15 is 0 Å². The first-order valence-corrected chi connectivity index (χ1v) is 18.7. The lowest BCUT2D eigenvalue weighted by Gasteiger charge is -2.18. The Morgan fingerprint density at radius 3 is 1.44 bits per heavy atom. The van der Waals surface area contributed by atoms with Crippen LogP contribution in [-0.2, 0) is 0 Å². The Morgan fingerprint density at radius 1 is 0.300 bits per heavy atom. The van der Waals surface area contributed by atoms with Crippen molar-refractivity contribution in [1.29, 1.82) is 0 Å². The molecule has 50 heavy (non-hydrogen) atoms. The molecule has 2 aromatic heterocycles. The predicted octanol–water partition coefficient (Wildman–Crippen LogP) is 14.9. The topological polar surface area (TPSA) is 0 Å². The van der Waals surface area contributed by atoms with Crippen molar-refractivity contribution >= 4 is 95.3 Å². The van der Waals surface area contributed by atoms with Crippen LogP contribution in [0.4, 0.5) is 0 Å². The van der Waals surface area contributed by atoms with Gasteiger partial charge in [-0.1, -0.05) is 140 Å². The highest BCUT2D eigenvalue weighted by molar-refractivity contribution is 7.30. The summed E-state index contributed by atoms with van der Waals surface area (Å²) in [6.45, 7) is 0. The van der Waals surface area contributed by atoms with Crippen LogP contribution >= 0.6 is 22.7 Å². The van der Waals surface area contributed by atoms with Gasteiger partial charge in [-0.25, -0.2) is 0 Å². The van der Waals surface area contributed by atoms with Gasteiger partial charge in [0.15, 0.2) is 0 Å². The molecule has 0 unspecified atom stereocenters. The average Bonchev–Trinajstić information content (AvgIpc) is 3.75. The van der Waals surface area contributed by atoms with Crippen molar-refractivity contribution in [3.8, 4) is 33.4 Å². The first-order valence-electron chi connectivity index (χ1n) is 17.1. The van der Waals surface area contributed by atoms with Crippen molar-refractivity contribution in [2.24, 2.45) is 0 Å². The highest BCUT2D eigenvalue weighted by atomic mass is 32.1. The standard InChI is InChI=1S/C48H28S2/c1-2-12-29(13-3-1)44-35-15-4-6-17-37(35)45(38-18-7-5-16-36(38)44)33-25-23-30-26-32(24-22-31(30)27-33)40-28-41-34-14-8-10-20-42(34)49-48(41)46-39-19-9-11-21-43(39)50-47(40)46/h1-28H. The normalized spacial score (nSPS) is 12.0. The Kier molecular flexibility index (Phi) is 6.09. The van der Waals surface area contributed by atoms with Gasteiger partial charge in [0.2, 0.25) is 0 Å². The van der Waals surface area contributed by atoms with Gasteiger partial charge in [-0.3, -0.25) is 0 Å². The Hall–Kier alpha value is -5.80. The number of hydrogen-bond acceptors (Lipinski definition) is 2. The summed E-state index contributed by atoms with van der Waals surface area (Å²) in [7, 11) is 0. The highest BCUT2D eigenvalue weighted by Crippen LogP contribution is 2.49. The number of thiophene rings is 2. The number of hydrogen-bond donors (Lipinski definition) is 0. The molecule has 2 heterocycles. The Bertz CT molecular complexity index is 3080. The van der Waals surface area contributed by atoms with E-state index in [0.717, 1.165) is 0 Å². The van der Waals surface area contributed by atoms with Gasteiger partial charge < -0.3 is 0 Å². The monoisotopic (exact) mass is 668 g/mol. The fourth-order valence-electron chi connectivity index (χ4n) is 8.20. The summed E-state index contributed by atoms with van der Waals surface area (Å²) in [6.07, 6.45) is 0. The second-order valence-electron chi connectivity index (χ2n) is 13.2. The minimum absolute atomic E-state index is 1.25. The van der Waals surface area contributed by atoms with Gasteiger partial charge in [0.1, 0.15) is 0 Å². The van der Waals surface area contributed by atoms with Gasteiger partial charge in [0, 0.05) is 45.9 Å². The molecule has 0 aliphatic heterocycles. The van der Waals surface area contributed by atoms with E-state index in [1.54, 1.807) is 0 Å². The first kappa shape index (κ1) is 28.1. The Morgan fingerprint density at radius 2 is 0.780 bits per heavy atom. The molecule has 9 aromatic carbocycles. The smallest absolute Gasteiger partial charge is 0.0449 e. The van der Waals surface area contributed by atoms with E-state index in [-0.39, 0.29) is 0 Å². The van der Waals surface area contributed by atoms with Crippen molar-refractivity contribution in [2.45, 2.75) is 0 Å². The second-order valence-corrected chi connectivity index (χ2v) is 15.3. The maximum Gasteiger partial charge on any atom is 0.0449 e. The molecule has 0 atom stereocenters. The van der Waals surface area contributed by atoms with E-state index in [0.29, 0.717) is 0 Å². The van der Waals surface area contributed by atoms with Crippen molar-refractivity contribution < 1.29 is 0 Å². The van der Waals surface area contributed by atoms with Crippen LogP contribution in [0, 0.1) is 0 Å². The number of rotatable bonds is 3. The molecule has 11 rings (SSSR count). The summed E-state index contributed by atoms with van der Waals surface area (Å²) < 4.78 is 5.46. The lowest BCUT2D eigenvalue weighted by molar-refractivity contribution is 1.66. The van der Waals surface area contributed by atoms with E-state index in [9.17, 15) is 0 Å². The van der Waals surface area contributed by atoms with Crippen LogP contribution in [0.15, 0.2) is 170 Å². The van der Waals surface area contributed by atoms with Crippen molar-refractivity contribution in [1.82, 2.24) is 0 Å². The molecule has 0 amide bonds. The van der Waals surface area contributed by atoms with Crippen molar-refractivity contribution in [3.05, 3.63) is 170 Å². The van der Waals surface area contributed by atoms with Crippen LogP contribution in [0.2, 0.25) is 0 Å². The maximum atomic E-state index is 2.45. The minimum atomic E-state index is 1.25. The van der Waals surface area contributed by atoms with E-state index in [2.05, 4.69) is 170 Å². The summed E-state index contributed by atoms with van der Waals surface area (Å²) in [5.41, 5.74) is 7.67.